The van der Waals surface area contributed by atoms with Crippen molar-refractivity contribution in [1.82, 2.24) is 0 Å². The minimum Gasteiger partial charge on any atom is -0.329 e. The number of anilines is 1. The van der Waals surface area contributed by atoms with Crippen molar-refractivity contribution in [2.24, 2.45) is 11.1 Å². The molecule has 1 rings (SSSR count). The summed E-state index contributed by atoms with van der Waals surface area (Å²) in [6.07, 6.45) is 0.729. The van der Waals surface area contributed by atoms with Crippen LogP contribution in [0.15, 0.2) is 24.3 Å². The quantitative estimate of drug-likeness (QED) is 0.874. The largest absolute Gasteiger partial charge is 0.329 e. The third-order valence-electron chi connectivity index (χ3n) is 3.76. The Hall–Kier alpha value is -1.35. The third-order valence-corrected chi connectivity index (χ3v) is 3.76. The molecule has 0 radical (unpaired) electrons. The molecule has 0 aliphatic rings. The minimum absolute atomic E-state index is 0.00476. The predicted octanol–water partition coefficient (Wildman–Crippen LogP) is 3.30. The van der Waals surface area contributed by atoms with E-state index in [9.17, 15) is 4.79 Å². The van der Waals surface area contributed by atoms with E-state index in [2.05, 4.69) is 32.2 Å². The van der Waals surface area contributed by atoms with Gasteiger partial charge < -0.3 is 11.1 Å². The summed E-state index contributed by atoms with van der Waals surface area (Å²) in [7, 11) is 0. The number of rotatable bonds is 4. The Morgan fingerprint density at radius 1 is 1.21 bits per heavy atom. The first-order chi connectivity index (χ1) is 8.74. The van der Waals surface area contributed by atoms with Crippen LogP contribution in [0.25, 0.3) is 0 Å². The van der Waals surface area contributed by atoms with Crippen molar-refractivity contribution in [1.29, 1.82) is 0 Å². The fraction of sp³-hybridized carbons (Fsp3) is 0.562. The first-order valence-corrected chi connectivity index (χ1v) is 6.85. The summed E-state index contributed by atoms with van der Waals surface area (Å²) in [5.74, 6) is -0.00537. The summed E-state index contributed by atoms with van der Waals surface area (Å²) in [6, 6.07) is 7.95. The number of carbonyl (C=O) groups is 1. The van der Waals surface area contributed by atoms with E-state index in [0.29, 0.717) is 6.54 Å². The maximum Gasteiger partial charge on any atom is 0.231 e. The molecule has 3 N–H and O–H groups in total. The van der Waals surface area contributed by atoms with Gasteiger partial charge in [0, 0.05) is 12.2 Å². The number of hydrogen-bond donors (Lipinski definition) is 2. The molecule has 3 heteroatoms. The first-order valence-electron chi connectivity index (χ1n) is 6.85. The van der Waals surface area contributed by atoms with Crippen LogP contribution in [0.3, 0.4) is 0 Å². The molecule has 0 aromatic heterocycles. The molecule has 1 aromatic rings. The van der Waals surface area contributed by atoms with Gasteiger partial charge in [0.15, 0.2) is 0 Å². The Kier molecular flexibility index (Phi) is 4.75. The van der Waals surface area contributed by atoms with Gasteiger partial charge in [0.25, 0.3) is 0 Å². The van der Waals surface area contributed by atoms with Gasteiger partial charge in [-0.15, -0.1) is 0 Å². The molecule has 3 nitrogen and oxygen atoms in total. The minimum atomic E-state index is -0.509. The molecule has 0 aliphatic heterocycles. The topological polar surface area (TPSA) is 55.1 Å². The summed E-state index contributed by atoms with van der Waals surface area (Å²) in [6.45, 7) is 10.7. The summed E-state index contributed by atoms with van der Waals surface area (Å²) in [5.41, 5.74) is 7.24. The van der Waals surface area contributed by atoms with Gasteiger partial charge >= 0.3 is 0 Å². The van der Waals surface area contributed by atoms with E-state index in [1.807, 2.05) is 32.0 Å². The van der Waals surface area contributed by atoms with Gasteiger partial charge in [-0.3, -0.25) is 4.79 Å². The lowest BCUT2D eigenvalue weighted by Crippen LogP contribution is -2.39. The first kappa shape index (κ1) is 15.7. The fourth-order valence-corrected chi connectivity index (χ4v) is 1.92. The predicted molar refractivity (Wildman–Crippen MR) is 81.2 cm³/mol. The van der Waals surface area contributed by atoms with Crippen LogP contribution in [0.2, 0.25) is 0 Å². The van der Waals surface area contributed by atoms with Crippen molar-refractivity contribution in [3.05, 3.63) is 29.8 Å². The molecule has 0 bridgehead atoms. The van der Waals surface area contributed by atoms with Crippen LogP contribution in [0.4, 0.5) is 5.69 Å². The van der Waals surface area contributed by atoms with Gasteiger partial charge in [0.05, 0.1) is 5.41 Å². The number of amides is 1. The maximum absolute atomic E-state index is 12.4. The lowest BCUT2D eigenvalue weighted by Gasteiger charge is -2.28. The molecule has 19 heavy (non-hydrogen) atoms. The smallest absolute Gasteiger partial charge is 0.231 e. The van der Waals surface area contributed by atoms with E-state index in [-0.39, 0.29) is 11.3 Å². The molecular weight excluding hydrogens is 236 g/mol. The Labute approximate surface area is 116 Å². The molecule has 0 saturated carbocycles. The van der Waals surface area contributed by atoms with Gasteiger partial charge in [0.1, 0.15) is 0 Å². The zero-order valence-electron chi connectivity index (χ0n) is 12.7. The second-order valence-electron chi connectivity index (χ2n) is 6.37. The molecule has 0 aliphatic carbocycles. The van der Waals surface area contributed by atoms with Crippen molar-refractivity contribution in [2.45, 2.75) is 46.5 Å². The van der Waals surface area contributed by atoms with Crippen molar-refractivity contribution in [3.8, 4) is 0 Å². The number of carbonyl (C=O) groups excluding carboxylic acids is 1. The van der Waals surface area contributed by atoms with E-state index in [1.165, 1.54) is 0 Å². The Balaban J connectivity index is 3.04. The highest BCUT2D eigenvalue weighted by molar-refractivity contribution is 5.96. The maximum atomic E-state index is 12.4. The van der Waals surface area contributed by atoms with Gasteiger partial charge in [-0.05, 0) is 30.4 Å². The van der Waals surface area contributed by atoms with Crippen LogP contribution >= 0.6 is 0 Å². The van der Waals surface area contributed by atoms with E-state index in [4.69, 9.17) is 5.73 Å². The Bertz CT molecular complexity index is 442. The average Bonchev–Trinajstić information content (AvgIpc) is 2.37. The molecule has 1 unspecified atom stereocenters. The highest BCUT2D eigenvalue weighted by atomic mass is 16.2. The number of benzene rings is 1. The Morgan fingerprint density at radius 3 is 2.26 bits per heavy atom. The van der Waals surface area contributed by atoms with E-state index in [0.717, 1.165) is 17.7 Å². The molecule has 0 heterocycles. The van der Waals surface area contributed by atoms with Crippen molar-refractivity contribution < 1.29 is 4.79 Å². The van der Waals surface area contributed by atoms with E-state index < -0.39 is 5.41 Å². The van der Waals surface area contributed by atoms with Crippen LogP contribution in [0, 0.1) is 5.41 Å². The highest BCUT2D eigenvalue weighted by Crippen LogP contribution is 2.31. The van der Waals surface area contributed by atoms with Crippen LogP contribution in [0.5, 0.6) is 0 Å². The summed E-state index contributed by atoms with van der Waals surface area (Å²) < 4.78 is 0. The number of nitrogens with one attached hydrogen (secondary N) is 1. The summed E-state index contributed by atoms with van der Waals surface area (Å²) >= 11 is 0. The Morgan fingerprint density at radius 2 is 1.79 bits per heavy atom. The highest BCUT2D eigenvalue weighted by Gasteiger charge is 2.30. The molecule has 0 spiro atoms. The van der Waals surface area contributed by atoms with Gasteiger partial charge in [-0.2, -0.15) is 0 Å². The van der Waals surface area contributed by atoms with Crippen molar-refractivity contribution in [2.75, 3.05) is 11.9 Å². The molecule has 1 aromatic carbocycles. The van der Waals surface area contributed by atoms with Crippen LogP contribution in [-0.4, -0.2) is 12.5 Å². The van der Waals surface area contributed by atoms with E-state index in [1.54, 1.807) is 0 Å². The molecule has 1 amide bonds. The molecule has 0 fully saturated rings. The van der Waals surface area contributed by atoms with Crippen molar-refractivity contribution >= 4 is 11.6 Å². The lowest BCUT2D eigenvalue weighted by molar-refractivity contribution is -0.124. The number of nitrogens with two attached hydrogens (primary N) is 1. The monoisotopic (exact) mass is 262 g/mol. The molecule has 0 saturated heterocycles. The van der Waals surface area contributed by atoms with E-state index >= 15 is 0 Å². The van der Waals surface area contributed by atoms with Gasteiger partial charge in [-0.1, -0.05) is 45.9 Å². The zero-order chi connectivity index (χ0) is 14.7. The average molecular weight is 262 g/mol. The standard InChI is InChI=1S/C16H26N2O/c1-6-16(5,11-17)14(19)18-13-10-8-7-9-12(13)15(2,3)4/h7-10H,6,11,17H2,1-5H3,(H,18,19). The zero-order valence-corrected chi connectivity index (χ0v) is 12.7. The van der Waals surface area contributed by atoms with Gasteiger partial charge in [0.2, 0.25) is 5.91 Å². The molecule has 106 valence electrons. The lowest BCUT2D eigenvalue weighted by atomic mass is 9.84. The normalized spacial score (nSPS) is 14.8. The van der Waals surface area contributed by atoms with Gasteiger partial charge in [-0.25, -0.2) is 0 Å². The molecular formula is C16H26N2O. The second-order valence-corrected chi connectivity index (χ2v) is 6.37. The van der Waals surface area contributed by atoms with Crippen LogP contribution in [-0.2, 0) is 10.2 Å². The number of para-hydroxylation sites is 1. The third kappa shape index (κ3) is 3.57. The SMILES string of the molecule is CCC(C)(CN)C(=O)Nc1ccccc1C(C)(C)C. The number of hydrogen-bond acceptors (Lipinski definition) is 2. The summed E-state index contributed by atoms with van der Waals surface area (Å²) in [5, 5.41) is 3.04. The van der Waals surface area contributed by atoms with Crippen molar-refractivity contribution in [3.63, 3.8) is 0 Å². The fourth-order valence-electron chi connectivity index (χ4n) is 1.92. The molecule has 1 atom stereocenters. The van der Waals surface area contributed by atoms with Crippen LogP contribution < -0.4 is 11.1 Å². The summed E-state index contributed by atoms with van der Waals surface area (Å²) in [4.78, 5) is 12.4. The second kappa shape index (κ2) is 5.74. The van der Waals surface area contributed by atoms with Crippen LogP contribution in [0.1, 0.15) is 46.6 Å².